The molecule has 32 heavy (non-hydrogen) atoms. The molecule has 2 N–H and O–H groups in total. The van der Waals surface area contributed by atoms with E-state index in [1.807, 2.05) is 26.0 Å². The second kappa shape index (κ2) is 9.83. The standard InChI is InChI=1S/C24H33N3O4S/c1-16(2)21(26-22(28)17-11-13-18(14-12-17)24(3,4)5)23(29)25-19-9-8-10-20(15-19)32(30,31)27(6)7/h8-16,21H,1-7H3,(H,25,29)(H,26,28)/t21-/m0/s1. The molecule has 0 bridgehead atoms. The minimum atomic E-state index is -3.63. The smallest absolute Gasteiger partial charge is 0.251 e. The summed E-state index contributed by atoms with van der Waals surface area (Å²) in [5.74, 6) is -0.941. The van der Waals surface area contributed by atoms with E-state index in [1.54, 1.807) is 24.3 Å². The Hall–Kier alpha value is -2.71. The van der Waals surface area contributed by atoms with Crippen LogP contribution in [0, 0.1) is 5.92 Å². The van der Waals surface area contributed by atoms with Crippen LogP contribution in [0.4, 0.5) is 5.69 Å². The fourth-order valence-electron chi connectivity index (χ4n) is 3.05. The average Bonchev–Trinajstić information content (AvgIpc) is 2.71. The van der Waals surface area contributed by atoms with Gasteiger partial charge in [-0.2, -0.15) is 0 Å². The SMILES string of the molecule is CC(C)[C@H](NC(=O)c1ccc(C(C)(C)C)cc1)C(=O)Nc1cccc(S(=O)(=O)N(C)C)c1. The van der Waals surface area contributed by atoms with Crippen LogP contribution in [-0.2, 0) is 20.2 Å². The van der Waals surface area contributed by atoms with E-state index in [0.717, 1.165) is 9.87 Å². The van der Waals surface area contributed by atoms with Crippen LogP contribution in [0.5, 0.6) is 0 Å². The van der Waals surface area contributed by atoms with Gasteiger partial charge in [-0.1, -0.05) is 52.8 Å². The molecule has 7 nitrogen and oxygen atoms in total. The van der Waals surface area contributed by atoms with Crippen LogP contribution in [0.1, 0.15) is 50.5 Å². The van der Waals surface area contributed by atoms with Crippen molar-refractivity contribution < 1.29 is 18.0 Å². The van der Waals surface area contributed by atoms with Crippen molar-refractivity contribution in [1.82, 2.24) is 9.62 Å². The lowest BCUT2D eigenvalue weighted by Crippen LogP contribution is -2.47. The molecular weight excluding hydrogens is 426 g/mol. The zero-order valence-electron chi connectivity index (χ0n) is 19.8. The monoisotopic (exact) mass is 459 g/mol. The molecular formula is C24H33N3O4S. The molecule has 2 aromatic rings. The molecule has 2 amide bonds. The molecule has 0 saturated carbocycles. The van der Waals surface area contributed by atoms with Gasteiger partial charge in [-0.15, -0.1) is 0 Å². The van der Waals surface area contributed by atoms with E-state index in [1.165, 1.54) is 26.2 Å². The Labute approximate surface area is 191 Å². The molecule has 2 rings (SSSR count). The van der Waals surface area contributed by atoms with Crippen molar-refractivity contribution in [3.8, 4) is 0 Å². The number of nitrogens with one attached hydrogen (secondary N) is 2. The first-order valence-electron chi connectivity index (χ1n) is 10.5. The van der Waals surface area contributed by atoms with Crippen LogP contribution in [0.2, 0.25) is 0 Å². The Morgan fingerprint density at radius 3 is 2.06 bits per heavy atom. The Bertz CT molecular complexity index is 1070. The van der Waals surface area contributed by atoms with Crippen LogP contribution >= 0.6 is 0 Å². The topological polar surface area (TPSA) is 95.6 Å². The molecule has 0 aliphatic heterocycles. The summed E-state index contributed by atoms with van der Waals surface area (Å²) >= 11 is 0. The van der Waals surface area contributed by atoms with Gasteiger partial charge in [0, 0.05) is 25.3 Å². The first kappa shape index (κ1) is 25.5. The highest BCUT2D eigenvalue weighted by Gasteiger charge is 2.26. The van der Waals surface area contributed by atoms with Crippen molar-refractivity contribution >= 4 is 27.5 Å². The normalized spacial score (nSPS) is 13.2. The minimum Gasteiger partial charge on any atom is -0.340 e. The summed E-state index contributed by atoms with van der Waals surface area (Å²) < 4.78 is 25.8. The molecule has 0 aromatic heterocycles. The third kappa shape index (κ3) is 6.17. The van der Waals surface area contributed by atoms with E-state index in [4.69, 9.17) is 0 Å². The Balaban J connectivity index is 2.18. The molecule has 0 saturated heterocycles. The number of rotatable bonds is 7. The predicted molar refractivity (Wildman–Crippen MR) is 127 cm³/mol. The number of amides is 2. The number of carbonyl (C=O) groups is 2. The van der Waals surface area contributed by atoms with Gasteiger partial charge in [0.15, 0.2) is 0 Å². The largest absolute Gasteiger partial charge is 0.340 e. The third-order valence-electron chi connectivity index (χ3n) is 5.13. The summed E-state index contributed by atoms with van der Waals surface area (Å²) in [6.07, 6.45) is 0. The summed E-state index contributed by atoms with van der Waals surface area (Å²) in [6.45, 7) is 9.96. The van der Waals surface area contributed by atoms with E-state index in [-0.39, 0.29) is 22.1 Å². The van der Waals surface area contributed by atoms with Gasteiger partial charge in [0.25, 0.3) is 5.91 Å². The van der Waals surface area contributed by atoms with Gasteiger partial charge in [-0.3, -0.25) is 9.59 Å². The molecule has 174 valence electrons. The minimum absolute atomic E-state index is 0.0238. The summed E-state index contributed by atoms with van der Waals surface area (Å²) in [5, 5.41) is 5.52. The first-order chi connectivity index (χ1) is 14.7. The highest BCUT2D eigenvalue weighted by Crippen LogP contribution is 2.22. The van der Waals surface area contributed by atoms with E-state index < -0.39 is 22.0 Å². The Kier molecular flexibility index (Phi) is 7.85. The number of nitrogens with zero attached hydrogens (tertiary/aromatic N) is 1. The molecule has 8 heteroatoms. The van der Waals surface area contributed by atoms with Gasteiger partial charge in [0.1, 0.15) is 6.04 Å². The average molecular weight is 460 g/mol. The van der Waals surface area contributed by atoms with Gasteiger partial charge >= 0.3 is 0 Å². The van der Waals surface area contributed by atoms with Gasteiger partial charge < -0.3 is 10.6 Å². The number of hydrogen-bond donors (Lipinski definition) is 2. The Morgan fingerprint density at radius 1 is 0.969 bits per heavy atom. The second-order valence-electron chi connectivity index (χ2n) is 9.33. The van der Waals surface area contributed by atoms with E-state index in [9.17, 15) is 18.0 Å². The van der Waals surface area contributed by atoms with Crippen LogP contribution in [-0.4, -0.2) is 44.7 Å². The van der Waals surface area contributed by atoms with E-state index in [2.05, 4.69) is 31.4 Å². The number of sulfonamides is 1. The predicted octanol–water partition coefficient (Wildman–Crippen LogP) is 3.63. The maximum absolute atomic E-state index is 12.9. The molecule has 2 aromatic carbocycles. The molecule has 0 heterocycles. The quantitative estimate of drug-likeness (QED) is 0.661. The maximum atomic E-state index is 12.9. The molecule has 0 aliphatic carbocycles. The van der Waals surface area contributed by atoms with Crippen molar-refractivity contribution in [2.45, 2.75) is 51.0 Å². The summed E-state index contributed by atoms with van der Waals surface area (Å²) in [7, 11) is -0.742. The fraction of sp³-hybridized carbons (Fsp3) is 0.417. The van der Waals surface area contributed by atoms with Crippen molar-refractivity contribution in [2.24, 2.45) is 5.92 Å². The summed E-state index contributed by atoms with van der Waals surface area (Å²) in [4.78, 5) is 25.8. The molecule has 0 aliphatic rings. The fourth-order valence-corrected chi connectivity index (χ4v) is 3.99. The highest BCUT2D eigenvalue weighted by molar-refractivity contribution is 7.89. The molecule has 0 spiro atoms. The molecule has 0 unspecified atom stereocenters. The lowest BCUT2D eigenvalue weighted by Gasteiger charge is -2.23. The Morgan fingerprint density at radius 2 is 1.56 bits per heavy atom. The van der Waals surface area contributed by atoms with E-state index in [0.29, 0.717) is 11.3 Å². The van der Waals surface area contributed by atoms with Crippen LogP contribution in [0.25, 0.3) is 0 Å². The van der Waals surface area contributed by atoms with Gasteiger partial charge in [0.2, 0.25) is 15.9 Å². The first-order valence-corrected chi connectivity index (χ1v) is 11.9. The van der Waals surface area contributed by atoms with Gasteiger partial charge in [0.05, 0.1) is 4.90 Å². The van der Waals surface area contributed by atoms with Gasteiger partial charge in [-0.05, 0) is 47.2 Å². The maximum Gasteiger partial charge on any atom is 0.251 e. The number of benzene rings is 2. The molecule has 0 fully saturated rings. The molecule has 0 radical (unpaired) electrons. The van der Waals surface area contributed by atoms with Crippen molar-refractivity contribution in [2.75, 3.05) is 19.4 Å². The number of hydrogen-bond acceptors (Lipinski definition) is 4. The summed E-state index contributed by atoms with van der Waals surface area (Å²) in [5.41, 5.74) is 1.90. The van der Waals surface area contributed by atoms with Gasteiger partial charge in [-0.25, -0.2) is 12.7 Å². The highest BCUT2D eigenvalue weighted by atomic mass is 32.2. The molecule has 1 atom stereocenters. The zero-order chi connectivity index (χ0) is 24.3. The summed E-state index contributed by atoms with van der Waals surface area (Å²) in [6, 6.07) is 12.6. The van der Waals surface area contributed by atoms with Crippen molar-refractivity contribution in [1.29, 1.82) is 0 Å². The second-order valence-corrected chi connectivity index (χ2v) is 11.5. The van der Waals surface area contributed by atoms with E-state index >= 15 is 0 Å². The van der Waals surface area contributed by atoms with Crippen LogP contribution in [0.15, 0.2) is 53.4 Å². The number of carbonyl (C=O) groups excluding carboxylic acids is 2. The third-order valence-corrected chi connectivity index (χ3v) is 6.94. The number of anilines is 1. The van der Waals surface area contributed by atoms with Crippen LogP contribution in [0.3, 0.4) is 0 Å². The zero-order valence-corrected chi connectivity index (χ0v) is 20.6. The lowest BCUT2D eigenvalue weighted by atomic mass is 9.86. The van der Waals surface area contributed by atoms with Crippen molar-refractivity contribution in [3.05, 3.63) is 59.7 Å². The van der Waals surface area contributed by atoms with Crippen molar-refractivity contribution in [3.63, 3.8) is 0 Å². The lowest BCUT2D eigenvalue weighted by molar-refractivity contribution is -0.118. The van der Waals surface area contributed by atoms with Crippen LogP contribution < -0.4 is 10.6 Å².